The lowest BCUT2D eigenvalue weighted by molar-refractivity contribution is 0.113. The van der Waals surface area contributed by atoms with Crippen molar-refractivity contribution < 1.29 is 14.6 Å². The van der Waals surface area contributed by atoms with Crippen LogP contribution in [0.3, 0.4) is 0 Å². The SMILES string of the molecule is CCCCCCCCCCCCOCC1OC1=CCO. The molecular formula is C17H32O3. The van der Waals surface area contributed by atoms with E-state index in [2.05, 4.69) is 6.92 Å². The van der Waals surface area contributed by atoms with E-state index in [9.17, 15) is 0 Å². The van der Waals surface area contributed by atoms with Crippen LogP contribution in [0.4, 0.5) is 0 Å². The molecule has 118 valence electrons. The first-order chi connectivity index (χ1) is 9.88. The van der Waals surface area contributed by atoms with Crippen molar-refractivity contribution in [2.45, 2.75) is 77.2 Å². The summed E-state index contributed by atoms with van der Waals surface area (Å²) in [6, 6.07) is 0. The van der Waals surface area contributed by atoms with Crippen molar-refractivity contribution >= 4 is 0 Å². The zero-order valence-corrected chi connectivity index (χ0v) is 13.1. The van der Waals surface area contributed by atoms with Gasteiger partial charge in [0, 0.05) is 6.61 Å². The molecule has 1 saturated heterocycles. The Balaban J connectivity index is 1.70. The van der Waals surface area contributed by atoms with Gasteiger partial charge in [0.25, 0.3) is 0 Å². The molecule has 0 aliphatic carbocycles. The summed E-state index contributed by atoms with van der Waals surface area (Å²) in [5.74, 6) is 0.885. The van der Waals surface area contributed by atoms with E-state index >= 15 is 0 Å². The number of aliphatic hydroxyl groups is 1. The fraction of sp³-hybridized carbons (Fsp3) is 0.882. The highest BCUT2D eigenvalue weighted by molar-refractivity contribution is 5.13. The molecule has 0 spiro atoms. The van der Waals surface area contributed by atoms with E-state index in [1.807, 2.05) is 0 Å². The summed E-state index contributed by atoms with van der Waals surface area (Å²) in [7, 11) is 0. The highest BCUT2D eigenvalue weighted by Crippen LogP contribution is 2.26. The van der Waals surface area contributed by atoms with E-state index in [1.165, 1.54) is 57.8 Å². The van der Waals surface area contributed by atoms with Gasteiger partial charge in [0.2, 0.25) is 0 Å². The molecule has 0 bridgehead atoms. The monoisotopic (exact) mass is 284 g/mol. The first-order valence-corrected chi connectivity index (χ1v) is 8.43. The van der Waals surface area contributed by atoms with Crippen LogP contribution in [0.5, 0.6) is 0 Å². The lowest BCUT2D eigenvalue weighted by Gasteiger charge is -2.03. The van der Waals surface area contributed by atoms with Gasteiger partial charge in [-0.3, -0.25) is 0 Å². The molecule has 20 heavy (non-hydrogen) atoms. The third-order valence-electron chi connectivity index (χ3n) is 3.74. The Hall–Kier alpha value is -0.540. The second-order valence-corrected chi connectivity index (χ2v) is 5.65. The summed E-state index contributed by atoms with van der Waals surface area (Å²) in [6.45, 7) is 3.80. The van der Waals surface area contributed by atoms with Crippen LogP contribution in [-0.2, 0) is 9.47 Å². The normalized spacial score (nSPS) is 19.3. The van der Waals surface area contributed by atoms with Crippen LogP contribution in [0.15, 0.2) is 11.8 Å². The summed E-state index contributed by atoms with van der Waals surface area (Å²) >= 11 is 0. The van der Waals surface area contributed by atoms with E-state index < -0.39 is 0 Å². The number of ether oxygens (including phenoxy) is 2. The number of aliphatic hydroxyl groups excluding tert-OH is 1. The van der Waals surface area contributed by atoms with E-state index in [0.717, 1.165) is 18.8 Å². The molecule has 1 rings (SSSR count). The Bertz CT molecular complexity index is 251. The lowest BCUT2D eigenvalue weighted by Crippen LogP contribution is -2.02. The van der Waals surface area contributed by atoms with E-state index in [4.69, 9.17) is 14.6 Å². The van der Waals surface area contributed by atoms with Crippen LogP contribution in [0.25, 0.3) is 0 Å². The molecule has 1 atom stereocenters. The topological polar surface area (TPSA) is 42.0 Å². The van der Waals surface area contributed by atoms with Gasteiger partial charge in [0.05, 0.1) is 13.2 Å². The van der Waals surface area contributed by atoms with Crippen molar-refractivity contribution in [3.8, 4) is 0 Å². The van der Waals surface area contributed by atoms with Crippen molar-refractivity contribution in [1.29, 1.82) is 0 Å². The summed E-state index contributed by atoms with van der Waals surface area (Å²) in [5, 5.41) is 8.67. The van der Waals surface area contributed by atoms with Gasteiger partial charge in [-0.05, 0) is 12.5 Å². The third kappa shape index (κ3) is 9.38. The predicted molar refractivity (Wildman–Crippen MR) is 82.7 cm³/mol. The minimum atomic E-state index is 0.0598. The Kier molecular flexibility index (Phi) is 10.7. The van der Waals surface area contributed by atoms with Gasteiger partial charge in [0.1, 0.15) is 5.76 Å². The summed E-state index contributed by atoms with van der Waals surface area (Å²) in [5.41, 5.74) is 0. The Morgan fingerprint density at radius 2 is 1.60 bits per heavy atom. The van der Waals surface area contributed by atoms with Crippen LogP contribution in [0.2, 0.25) is 0 Å². The average molecular weight is 284 g/mol. The van der Waals surface area contributed by atoms with Crippen LogP contribution in [-0.4, -0.2) is 31.0 Å². The summed E-state index contributed by atoms with van der Waals surface area (Å²) in [6.07, 6.45) is 15.4. The van der Waals surface area contributed by atoms with Crippen molar-refractivity contribution in [2.75, 3.05) is 19.8 Å². The van der Waals surface area contributed by atoms with Crippen LogP contribution >= 0.6 is 0 Å². The van der Waals surface area contributed by atoms with Gasteiger partial charge in [-0.15, -0.1) is 0 Å². The predicted octanol–water partition coefficient (Wildman–Crippen LogP) is 4.20. The zero-order chi connectivity index (χ0) is 14.5. The third-order valence-corrected chi connectivity index (χ3v) is 3.74. The number of hydrogen-bond donors (Lipinski definition) is 1. The van der Waals surface area contributed by atoms with Gasteiger partial charge in [0.15, 0.2) is 6.10 Å². The molecular weight excluding hydrogens is 252 g/mol. The first kappa shape index (κ1) is 17.5. The van der Waals surface area contributed by atoms with Crippen molar-refractivity contribution in [3.05, 3.63) is 11.8 Å². The van der Waals surface area contributed by atoms with Gasteiger partial charge in [-0.1, -0.05) is 64.7 Å². The van der Waals surface area contributed by atoms with Crippen molar-refractivity contribution in [1.82, 2.24) is 0 Å². The maximum Gasteiger partial charge on any atom is 0.178 e. The van der Waals surface area contributed by atoms with Crippen LogP contribution in [0, 0.1) is 0 Å². The number of unbranched alkanes of at least 4 members (excludes halogenated alkanes) is 9. The van der Waals surface area contributed by atoms with Crippen LogP contribution in [0.1, 0.15) is 71.1 Å². The highest BCUT2D eigenvalue weighted by atomic mass is 16.6. The largest absolute Gasteiger partial charge is 0.481 e. The molecule has 1 unspecified atom stereocenters. The maximum absolute atomic E-state index is 8.67. The average Bonchev–Trinajstić information content (AvgIpc) is 3.19. The second-order valence-electron chi connectivity index (χ2n) is 5.65. The molecule has 1 aliphatic rings. The minimum absolute atomic E-state index is 0.0598. The molecule has 0 radical (unpaired) electrons. The van der Waals surface area contributed by atoms with Gasteiger partial charge < -0.3 is 14.6 Å². The van der Waals surface area contributed by atoms with Crippen molar-refractivity contribution in [3.63, 3.8) is 0 Å². The number of epoxide rings is 1. The Morgan fingerprint density at radius 3 is 2.20 bits per heavy atom. The molecule has 0 aromatic carbocycles. The molecule has 1 aliphatic heterocycles. The smallest absolute Gasteiger partial charge is 0.178 e. The maximum atomic E-state index is 8.67. The van der Waals surface area contributed by atoms with Gasteiger partial charge >= 0.3 is 0 Å². The zero-order valence-electron chi connectivity index (χ0n) is 13.1. The summed E-state index contributed by atoms with van der Waals surface area (Å²) < 4.78 is 10.8. The molecule has 0 amide bonds. The Morgan fingerprint density at radius 1 is 1.00 bits per heavy atom. The van der Waals surface area contributed by atoms with Gasteiger partial charge in [-0.2, -0.15) is 0 Å². The number of rotatable bonds is 14. The molecule has 0 aromatic rings. The van der Waals surface area contributed by atoms with E-state index in [0.29, 0.717) is 6.61 Å². The molecule has 3 nitrogen and oxygen atoms in total. The molecule has 3 heteroatoms. The molecule has 0 saturated carbocycles. The van der Waals surface area contributed by atoms with E-state index in [1.54, 1.807) is 6.08 Å². The number of hydrogen-bond acceptors (Lipinski definition) is 3. The minimum Gasteiger partial charge on any atom is -0.481 e. The first-order valence-electron chi connectivity index (χ1n) is 8.43. The second kappa shape index (κ2) is 12.2. The summed E-state index contributed by atoms with van der Waals surface area (Å²) in [4.78, 5) is 0. The standard InChI is InChI=1S/C17H32O3/c1-2-3-4-5-6-7-8-9-10-11-14-19-15-17-16(20-17)12-13-18/h12,17-18H,2-11,13-15H2,1H3. The lowest BCUT2D eigenvalue weighted by atomic mass is 10.1. The fourth-order valence-electron chi connectivity index (χ4n) is 2.40. The molecule has 1 heterocycles. The van der Waals surface area contributed by atoms with E-state index in [-0.39, 0.29) is 12.7 Å². The molecule has 0 aromatic heterocycles. The van der Waals surface area contributed by atoms with Crippen molar-refractivity contribution in [2.24, 2.45) is 0 Å². The quantitative estimate of drug-likeness (QED) is 0.384. The van der Waals surface area contributed by atoms with Crippen LogP contribution < -0.4 is 0 Å². The van der Waals surface area contributed by atoms with Gasteiger partial charge in [-0.25, -0.2) is 0 Å². The molecule has 1 fully saturated rings. The highest BCUT2D eigenvalue weighted by Gasteiger charge is 2.31. The Labute approximate surface area is 124 Å². The fourth-order valence-corrected chi connectivity index (χ4v) is 2.40. The molecule has 1 N–H and O–H groups in total.